The zero-order chi connectivity index (χ0) is 17.5. The van der Waals surface area contributed by atoms with Gasteiger partial charge >= 0.3 is 0 Å². The highest BCUT2D eigenvalue weighted by atomic mass is 32.2. The highest BCUT2D eigenvalue weighted by molar-refractivity contribution is 7.88. The third kappa shape index (κ3) is 3.07. The quantitative estimate of drug-likeness (QED) is 0.809. The molecule has 2 saturated heterocycles. The minimum Gasteiger partial charge on any atom is -0.381 e. The molecule has 1 atom stereocenters. The van der Waals surface area contributed by atoms with Gasteiger partial charge in [0, 0.05) is 49.7 Å². The SMILES string of the molecule is CS(=O)(=O)N1C[C@H](c2nc(-c3cccnc3)no2)C2(CCOCC2)C1. The predicted molar refractivity (Wildman–Crippen MR) is 89.2 cm³/mol. The molecule has 0 N–H and O–H groups in total. The Morgan fingerprint density at radius 3 is 2.80 bits per heavy atom. The largest absolute Gasteiger partial charge is 0.381 e. The summed E-state index contributed by atoms with van der Waals surface area (Å²) in [5.41, 5.74) is 0.566. The molecule has 4 heterocycles. The van der Waals surface area contributed by atoms with Gasteiger partial charge in [-0.3, -0.25) is 4.98 Å². The van der Waals surface area contributed by atoms with Crippen molar-refractivity contribution in [3.8, 4) is 11.4 Å². The molecule has 2 aromatic rings. The Hall–Kier alpha value is -1.84. The van der Waals surface area contributed by atoms with Crippen molar-refractivity contribution in [1.29, 1.82) is 0 Å². The lowest BCUT2D eigenvalue weighted by Crippen LogP contribution is -2.37. The van der Waals surface area contributed by atoms with Crippen molar-refractivity contribution in [2.45, 2.75) is 18.8 Å². The van der Waals surface area contributed by atoms with Crippen LogP contribution in [-0.2, 0) is 14.8 Å². The summed E-state index contributed by atoms with van der Waals surface area (Å²) in [6, 6.07) is 3.68. The minimum atomic E-state index is -3.27. The average molecular weight is 364 g/mol. The van der Waals surface area contributed by atoms with E-state index in [4.69, 9.17) is 9.26 Å². The molecule has 1 spiro atoms. The van der Waals surface area contributed by atoms with Gasteiger partial charge < -0.3 is 9.26 Å². The van der Waals surface area contributed by atoms with Gasteiger partial charge in [0.2, 0.25) is 21.7 Å². The summed E-state index contributed by atoms with van der Waals surface area (Å²) >= 11 is 0. The van der Waals surface area contributed by atoms with Crippen LogP contribution >= 0.6 is 0 Å². The van der Waals surface area contributed by atoms with Gasteiger partial charge in [-0.05, 0) is 25.0 Å². The Kier molecular flexibility index (Phi) is 4.09. The molecule has 134 valence electrons. The molecular weight excluding hydrogens is 344 g/mol. The van der Waals surface area contributed by atoms with Crippen LogP contribution in [0.5, 0.6) is 0 Å². The van der Waals surface area contributed by atoms with Crippen LogP contribution in [0.1, 0.15) is 24.7 Å². The van der Waals surface area contributed by atoms with Crippen molar-refractivity contribution in [2.75, 3.05) is 32.6 Å². The Labute approximate surface area is 146 Å². The molecule has 0 aliphatic carbocycles. The molecule has 0 saturated carbocycles. The van der Waals surface area contributed by atoms with Crippen molar-refractivity contribution in [2.24, 2.45) is 5.41 Å². The van der Waals surface area contributed by atoms with Crippen LogP contribution in [0.3, 0.4) is 0 Å². The van der Waals surface area contributed by atoms with Crippen molar-refractivity contribution in [3.05, 3.63) is 30.4 Å². The molecule has 9 heteroatoms. The Morgan fingerprint density at radius 1 is 1.32 bits per heavy atom. The van der Waals surface area contributed by atoms with E-state index in [-0.39, 0.29) is 11.3 Å². The van der Waals surface area contributed by atoms with E-state index in [0.29, 0.717) is 38.0 Å². The average Bonchev–Trinajstić information content (AvgIpc) is 3.21. The monoisotopic (exact) mass is 364 g/mol. The van der Waals surface area contributed by atoms with Crippen molar-refractivity contribution < 1.29 is 17.7 Å². The topological polar surface area (TPSA) is 98.4 Å². The van der Waals surface area contributed by atoms with Crippen molar-refractivity contribution >= 4 is 10.0 Å². The molecule has 2 fully saturated rings. The fraction of sp³-hybridized carbons (Fsp3) is 0.562. The lowest BCUT2D eigenvalue weighted by molar-refractivity contribution is 0.0104. The molecule has 0 aromatic carbocycles. The third-order valence-corrected chi connectivity index (χ3v) is 6.45. The molecule has 0 radical (unpaired) electrons. The second-order valence-corrected chi connectivity index (χ2v) is 8.76. The van der Waals surface area contributed by atoms with Crippen LogP contribution in [0.15, 0.2) is 29.0 Å². The second kappa shape index (κ2) is 6.15. The summed E-state index contributed by atoms with van der Waals surface area (Å²) in [5.74, 6) is 0.846. The maximum Gasteiger partial charge on any atom is 0.232 e. The van der Waals surface area contributed by atoms with Gasteiger partial charge in [0.05, 0.1) is 12.2 Å². The number of hydrogen-bond acceptors (Lipinski definition) is 7. The lowest BCUT2D eigenvalue weighted by atomic mass is 9.72. The summed E-state index contributed by atoms with van der Waals surface area (Å²) in [4.78, 5) is 8.62. The molecule has 25 heavy (non-hydrogen) atoms. The van der Waals surface area contributed by atoms with E-state index in [2.05, 4.69) is 15.1 Å². The number of hydrogen-bond donors (Lipinski definition) is 0. The van der Waals surface area contributed by atoms with E-state index in [9.17, 15) is 8.42 Å². The Balaban J connectivity index is 1.68. The molecule has 2 aliphatic heterocycles. The number of sulfonamides is 1. The van der Waals surface area contributed by atoms with E-state index in [1.54, 1.807) is 12.4 Å². The number of rotatable bonds is 3. The first-order valence-electron chi connectivity index (χ1n) is 8.25. The summed E-state index contributed by atoms with van der Waals surface area (Å²) in [6.45, 7) is 2.09. The van der Waals surface area contributed by atoms with Gasteiger partial charge in [0.25, 0.3) is 0 Å². The maximum atomic E-state index is 12.1. The molecule has 8 nitrogen and oxygen atoms in total. The first-order valence-corrected chi connectivity index (χ1v) is 10.1. The zero-order valence-electron chi connectivity index (χ0n) is 14.0. The first-order chi connectivity index (χ1) is 12.0. The zero-order valence-corrected chi connectivity index (χ0v) is 14.8. The molecule has 4 rings (SSSR count). The summed E-state index contributed by atoms with van der Waals surface area (Å²) in [5, 5.41) is 4.07. The molecule has 0 bridgehead atoms. The summed E-state index contributed by atoms with van der Waals surface area (Å²) in [6.07, 6.45) is 6.18. The van der Waals surface area contributed by atoms with Crippen LogP contribution in [-0.4, -0.2) is 60.4 Å². The van der Waals surface area contributed by atoms with Crippen molar-refractivity contribution in [1.82, 2.24) is 19.4 Å². The number of pyridine rings is 1. The van der Waals surface area contributed by atoms with Crippen LogP contribution in [0.25, 0.3) is 11.4 Å². The van der Waals surface area contributed by atoms with E-state index in [0.717, 1.165) is 18.4 Å². The second-order valence-electron chi connectivity index (χ2n) is 6.78. The number of nitrogens with zero attached hydrogens (tertiary/aromatic N) is 4. The molecule has 0 unspecified atom stereocenters. The number of aromatic nitrogens is 3. The Bertz CT molecular complexity index is 846. The normalized spacial score (nSPS) is 24.0. The van der Waals surface area contributed by atoms with Gasteiger partial charge in [-0.15, -0.1) is 0 Å². The van der Waals surface area contributed by atoms with Gasteiger partial charge in [0.1, 0.15) is 0 Å². The van der Waals surface area contributed by atoms with Gasteiger partial charge in [0.15, 0.2) is 0 Å². The van der Waals surface area contributed by atoms with E-state index < -0.39 is 10.0 Å². The first kappa shape index (κ1) is 16.6. The summed E-state index contributed by atoms with van der Waals surface area (Å²) < 4.78 is 36.7. The van der Waals surface area contributed by atoms with Gasteiger partial charge in [-0.2, -0.15) is 4.98 Å². The fourth-order valence-corrected chi connectivity index (χ4v) is 4.70. The standard InChI is InChI=1S/C16H20N4O4S/c1-25(21,22)20-10-13(16(11-20)4-7-23-8-5-16)15-18-14(19-24-15)12-3-2-6-17-9-12/h2-3,6,9,13H,4-5,7-8,10-11H2,1H3/t13-/m1/s1. The molecule has 0 amide bonds. The van der Waals surface area contributed by atoms with Crippen LogP contribution in [0, 0.1) is 5.41 Å². The van der Waals surface area contributed by atoms with Crippen LogP contribution < -0.4 is 0 Å². The molecule has 2 aromatic heterocycles. The van der Waals surface area contributed by atoms with Crippen LogP contribution in [0.2, 0.25) is 0 Å². The highest BCUT2D eigenvalue weighted by Crippen LogP contribution is 2.49. The van der Waals surface area contributed by atoms with E-state index in [1.165, 1.54) is 10.6 Å². The van der Waals surface area contributed by atoms with E-state index >= 15 is 0 Å². The smallest absolute Gasteiger partial charge is 0.232 e. The highest BCUT2D eigenvalue weighted by Gasteiger charge is 2.52. The van der Waals surface area contributed by atoms with Crippen LogP contribution in [0.4, 0.5) is 0 Å². The van der Waals surface area contributed by atoms with Gasteiger partial charge in [-0.1, -0.05) is 5.16 Å². The predicted octanol–water partition coefficient (Wildman–Crippen LogP) is 1.29. The lowest BCUT2D eigenvalue weighted by Gasteiger charge is -2.36. The molecular formula is C16H20N4O4S. The maximum absolute atomic E-state index is 12.1. The number of ether oxygens (including phenoxy) is 1. The van der Waals surface area contributed by atoms with Crippen molar-refractivity contribution in [3.63, 3.8) is 0 Å². The minimum absolute atomic E-state index is 0.121. The van der Waals surface area contributed by atoms with E-state index in [1.807, 2.05) is 12.1 Å². The fourth-order valence-electron chi connectivity index (χ4n) is 3.79. The third-order valence-electron chi connectivity index (χ3n) is 5.23. The summed E-state index contributed by atoms with van der Waals surface area (Å²) in [7, 11) is -3.27. The molecule has 2 aliphatic rings. The van der Waals surface area contributed by atoms with Gasteiger partial charge in [-0.25, -0.2) is 12.7 Å². The Morgan fingerprint density at radius 2 is 2.12 bits per heavy atom.